The Kier molecular flexibility index (Phi) is 6.48. The minimum absolute atomic E-state index is 0.189. The molecular weight excluding hydrogens is 419 g/mol. The number of hydrogen-bond donors (Lipinski definition) is 2. The van der Waals surface area contributed by atoms with Gasteiger partial charge in [-0.05, 0) is 58.7 Å². The summed E-state index contributed by atoms with van der Waals surface area (Å²) in [5.41, 5.74) is 5.77. The quantitative estimate of drug-likeness (QED) is 0.721. The Morgan fingerprint density at radius 2 is 1.88 bits per heavy atom. The van der Waals surface area contributed by atoms with Crippen molar-refractivity contribution in [3.63, 3.8) is 0 Å². The summed E-state index contributed by atoms with van der Waals surface area (Å²) in [5.74, 6) is -0.537. The zero-order valence-corrected chi connectivity index (χ0v) is 15.6. The molecule has 2 aromatic rings. The highest BCUT2D eigenvalue weighted by Gasteiger charge is 2.12. The number of halogens is 3. The molecule has 2 N–H and O–H groups in total. The van der Waals surface area contributed by atoms with Crippen molar-refractivity contribution >= 4 is 50.9 Å². The number of nitrogens with one attached hydrogen (secondary N) is 2. The molecule has 2 amide bonds. The molecule has 2 aromatic carbocycles. The highest BCUT2D eigenvalue weighted by molar-refractivity contribution is 9.10. The Morgan fingerprint density at radius 3 is 2.54 bits per heavy atom. The lowest BCUT2D eigenvalue weighted by Gasteiger charge is -2.11. The molecule has 0 unspecified atom stereocenters. The van der Waals surface area contributed by atoms with Crippen molar-refractivity contribution in [3.05, 3.63) is 62.0 Å². The van der Waals surface area contributed by atoms with Gasteiger partial charge in [0.05, 0.1) is 15.1 Å². The molecule has 0 heterocycles. The average molecular weight is 432 g/mol. The topological polar surface area (TPSA) is 67.4 Å². The van der Waals surface area contributed by atoms with Crippen LogP contribution in [0.5, 0.6) is 5.75 Å². The fourth-order valence-corrected chi connectivity index (χ4v) is 2.87. The second-order valence-electron chi connectivity index (χ2n) is 4.85. The summed E-state index contributed by atoms with van der Waals surface area (Å²) in [4.78, 5) is 23.7. The highest BCUT2D eigenvalue weighted by atomic mass is 79.9. The summed E-state index contributed by atoms with van der Waals surface area (Å²) >= 11 is 15.0. The molecule has 2 rings (SSSR count). The smallest absolute Gasteiger partial charge is 0.276 e. The molecule has 0 aliphatic carbocycles. The molecule has 0 saturated heterocycles. The minimum atomic E-state index is -0.554. The predicted octanol–water partition coefficient (Wildman–Crippen LogP) is 3.90. The van der Waals surface area contributed by atoms with Gasteiger partial charge in [0.15, 0.2) is 6.61 Å². The van der Waals surface area contributed by atoms with Crippen LogP contribution in [0.2, 0.25) is 10.0 Å². The first-order valence-corrected chi connectivity index (χ1v) is 8.35. The van der Waals surface area contributed by atoms with Gasteiger partial charge in [0.2, 0.25) is 0 Å². The van der Waals surface area contributed by atoms with Crippen LogP contribution in [0, 0.1) is 6.92 Å². The first-order chi connectivity index (χ1) is 11.4. The minimum Gasteiger partial charge on any atom is -0.483 e. The number of ether oxygens (including phenoxy) is 1. The zero-order valence-electron chi connectivity index (χ0n) is 12.5. The first-order valence-electron chi connectivity index (χ1n) is 6.80. The number of hydrogen-bond acceptors (Lipinski definition) is 3. The van der Waals surface area contributed by atoms with E-state index < -0.39 is 11.8 Å². The van der Waals surface area contributed by atoms with Crippen LogP contribution in [0.3, 0.4) is 0 Å². The maximum Gasteiger partial charge on any atom is 0.276 e. The molecule has 0 saturated carbocycles. The molecule has 8 heteroatoms. The lowest BCUT2D eigenvalue weighted by Crippen LogP contribution is -2.43. The standard InChI is InChI=1S/C16H13BrCl2N2O3/c1-9-2-5-14(12(17)6-9)24-8-15(22)20-21-16(23)11-4-3-10(18)7-13(11)19/h2-7H,8H2,1H3,(H,20,22)(H,21,23). The van der Waals surface area contributed by atoms with E-state index in [2.05, 4.69) is 26.8 Å². The van der Waals surface area contributed by atoms with Crippen molar-refractivity contribution in [1.29, 1.82) is 0 Å². The fourth-order valence-electron chi connectivity index (χ4n) is 1.77. The summed E-state index contributed by atoms with van der Waals surface area (Å²) in [6.45, 7) is 1.69. The molecule has 0 bridgehead atoms. The van der Waals surface area contributed by atoms with Gasteiger partial charge in [0.1, 0.15) is 5.75 Å². The van der Waals surface area contributed by atoms with Crippen molar-refractivity contribution in [3.8, 4) is 5.75 Å². The van der Waals surface area contributed by atoms with E-state index in [1.54, 1.807) is 6.07 Å². The van der Waals surface area contributed by atoms with E-state index in [-0.39, 0.29) is 17.2 Å². The van der Waals surface area contributed by atoms with Crippen LogP contribution in [0.4, 0.5) is 0 Å². The highest BCUT2D eigenvalue weighted by Crippen LogP contribution is 2.25. The zero-order chi connectivity index (χ0) is 17.7. The van der Waals surface area contributed by atoms with E-state index in [0.717, 1.165) is 10.0 Å². The Bertz CT molecular complexity index is 784. The second-order valence-corrected chi connectivity index (χ2v) is 6.55. The molecule has 0 radical (unpaired) electrons. The fraction of sp³-hybridized carbons (Fsp3) is 0.125. The normalized spacial score (nSPS) is 10.2. The second kappa shape index (κ2) is 8.37. The van der Waals surface area contributed by atoms with Gasteiger partial charge in [-0.3, -0.25) is 20.4 Å². The van der Waals surface area contributed by atoms with Gasteiger partial charge in [-0.15, -0.1) is 0 Å². The van der Waals surface area contributed by atoms with Crippen LogP contribution in [0.25, 0.3) is 0 Å². The Balaban J connectivity index is 1.85. The van der Waals surface area contributed by atoms with Gasteiger partial charge in [-0.25, -0.2) is 0 Å². The van der Waals surface area contributed by atoms with Crippen molar-refractivity contribution in [2.24, 2.45) is 0 Å². The lowest BCUT2D eigenvalue weighted by molar-refractivity contribution is -0.123. The van der Waals surface area contributed by atoms with Crippen molar-refractivity contribution in [2.45, 2.75) is 6.92 Å². The maximum absolute atomic E-state index is 11.9. The molecule has 0 aromatic heterocycles. The number of carbonyl (C=O) groups is 2. The van der Waals surface area contributed by atoms with Gasteiger partial charge >= 0.3 is 0 Å². The molecule has 0 aliphatic rings. The van der Waals surface area contributed by atoms with Gasteiger partial charge in [-0.1, -0.05) is 29.3 Å². The number of rotatable bonds is 4. The van der Waals surface area contributed by atoms with E-state index in [4.69, 9.17) is 27.9 Å². The van der Waals surface area contributed by atoms with Crippen LogP contribution < -0.4 is 15.6 Å². The van der Waals surface area contributed by atoms with Crippen LogP contribution in [-0.2, 0) is 4.79 Å². The Hall–Kier alpha value is -1.76. The molecule has 24 heavy (non-hydrogen) atoms. The SMILES string of the molecule is Cc1ccc(OCC(=O)NNC(=O)c2ccc(Cl)cc2Cl)c(Br)c1. The first kappa shape index (κ1) is 18.6. The van der Waals surface area contributed by atoms with E-state index in [9.17, 15) is 9.59 Å². The van der Waals surface area contributed by atoms with Crippen molar-refractivity contribution in [1.82, 2.24) is 10.9 Å². The van der Waals surface area contributed by atoms with Crippen LogP contribution in [0.15, 0.2) is 40.9 Å². The third kappa shape index (κ3) is 5.12. The third-order valence-corrected chi connectivity index (χ3v) is 4.10. The molecule has 5 nitrogen and oxygen atoms in total. The van der Waals surface area contributed by atoms with Crippen molar-refractivity contribution in [2.75, 3.05) is 6.61 Å². The largest absolute Gasteiger partial charge is 0.483 e. The average Bonchev–Trinajstić information content (AvgIpc) is 2.51. The van der Waals surface area contributed by atoms with Crippen molar-refractivity contribution < 1.29 is 14.3 Å². The molecule has 0 spiro atoms. The number of amides is 2. The van der Waals surface area contributed by atoms with Crippen LogP contribution >= 0.6 is 39.1 Å². The van der Waals surface area contributed by atoms with Crippen LogP contribution in [-0.4, -0.2) is 18.4 Å². The number of aryl methyl sites for hydroxylation is 1. The molecular formula is C16H13BrCl2N2O3. The monoisotopic (exact) mass is 430 g/mol. The molecule has 0 aliphatic heterocycles. The van der Waals surface area contributed by atoms with E-state index >= 15 is 0 Å². The third-order valence-electron chi connectivity index (χ3n) is 2.94. The van der Waals surface area contributed by atoms with Gasteiger partial charge in [-0.2, -0.15) is 0 Å². The summed E-state index contributed by atoms with van der Waals surface area (Å²) in [6.07, 6.45) is 0. The predicted molar refractivity (Wildman–Crippen MR) is 96.4 cm³/mol. The van der Waals surface area contributed by atoms with E-state index in [1.165, 1.54) is 18.2 Å². The summed E-state index contributed by atoms with van der Waals surface area (Å²) in [6, 6.07) is 9.92. The van der Waals surface area contributed by atoms with E-state index in [1.807, 2.05) is 19.1 Å². The number of hydrazine groups is 1. The Labute approximate surface area is 157 Å². The summed E-state index contributed by atoms with van der Waals surface area (Å²) in [5, 5.41) is 0.603. The summed E-state index contributed by atoms with van der Waals surface area (Å²) in [7, 11) is 0. The lowest BCUT2D eigenvalue weighted by atomic mass is 10.2. The molecule has 0 fully saturated rings. The van der Waals surface area contributed by atoms with Gasteiger partial charge < -0.3 is 4.74 Å². The molecule has 0 atom stereocenters. The molecule has 126 valence electrons. The summed E-state index contributed by atoms with van der Waals surface area (Å²) < 4.78 is 6.12. The van der Waals surface area contributed by atoms with Gasteiger partial charge in [0.25, 0.3) is 11.8 Å². The maximum atomic E-state index is 11.9. The van der Waals surface area contributed by atoms with E-state index in [0.29, 0.717) is 10.8 Å². The Morgan fingerprint density at radius 1 is 1.12 bits per heavy atom. The number of benzene rings is 2. The number of carbonyl (C=O) groups excluding carboxylic acids is 2. The van der Waals surface area contributed by atoms with Crippen LogP contribution in [0.1, 0.15) is 15.9 Å². The van der Waals surface area contributed by atoms with Gasteiger partial charge in [0, 0.05) is 5.02 Å².